The lowest BCUT2D eigenvalue weighted by Gasteiger charge is -2.40. The van der Waals surface area contributed by atoms with Gasteiger partial charge in [-0.2, -0.15) is 30.2 Å². The number of hydrogen-bond acceptors (Lipinski definition) is 3. The van der Waals surface area contributed by atoms with Crippen LogP contribution in [0.15, 0.2) is 0 Å². The fraction of sp³-hybridized carbons (Fsp3) is 1.00. The number of halogens is 3. The molecule has 2 heterocycles. The van der Waals surface area contributed by atoms with Gasteiger partial charge in [-0.3, -0.25) is 0 Å². The Morgan fingerprint density at radius 2 is 1.62 bits per heavy atom. The average molecular weight is 330 g/mol. The minimum atomic E-state index is -4.35. The van der Waals surface area contributed by atoms with Crippen molar-refractivity contribution in [2.45, 2.75) is 45.1 Å². The maximum absolute atomic E-state index is 12.8. The van der Waals surface area contributed by atoms with Crippen molar-refractivity contribution in [1.29, 1.82) is 0 Å². The molecule has 0 bridgehead atoms. The molecule has 2 rings (SSSR count). The van der Waals surface area contributed by atoms with Crippen molar-refractivity contribution in [1.82, 2.24) is 8.61 Å². The lowest BCUT2D eigenvalue weighted by atomic mass is 9.99. The lowest BCUT2D eigenvalue weighted by molar-refractivity contribution is -0.182. The highest BCUT2D eigenvalue weighted by molar-refractivity contribution is 7.86. The molecule has 21 heavy (non-hydrogen) atoms. The predicted octanol–water partition coefficient (Wildman–Crippen LogP) is 1.61. The van der Waals surface area contributed by atoms with Gasteiger partial charge < -0.3 is 4.74 Å². The van der Waals surface area contributed by atoms with Gasteiger partial charge in [0.15, 0.2) is 0 Å². The SMILES string of the molecule is CC1CN(S(=O)(=O)N2CCCC(C(F)(F)F)C2)CC(C)O1. The Balaban J connectivity index is 2.11. The van der Waals surface area contributed by atoms with Crippen molar-refractivity contribution < 1.29 is 26.3 Å². The van der Waals surface area contributed by atoms with Gasteiger partial charge >= 0.3 is 6.18 Å². The summed E-state index contributed by atoms with van der Waals surface area (Å²) in [7, 11) is -3.86. The number of hydrogen-bond donors (Lipinski definition) is 0. The van der Waals surface area contributed by atoms with Gasteiger partial charge in [0.05, 0.1) is 18.1 Å². The number of rotatable bonds is 2. The molecule has 0 aromatic heterocycles. The summed E-state index contributed by atoms with van der Waals surface area (Å²) in [5, 5.41) is 0. The molecule has 2 fully saturated rings. The molecule has 0 aliphatic carbocycles. The molecule has 124 valence electrons. The van der Waals surface area contributed by atoms with E-state index in [1.54, 1.807) is 13.8 Å². The van der Waals surface area contributed by atoms with Crippen LogP contribution < -0.4 is 0 Å². The van der Waals surface area contributed by atoms with Crippen LogP contribution in [0.4, 0.5) is 13.2 Å². The van der Waals surface area contributed by atoms with E-state index in [0.717, 1.165) is 4.31 Å². The Labute approximate surface area is 123 Å². The van der Waals surface area contributed by atoms with Crippen LogP contribution in [0, 0.1) is 5.92 Å². The smallest absolute Gasteiger partial charge is 0.373 e. The molecular formula is C12H21F3N2O3S. The first kappa shape index (κ1) is 17.0. The van der Waals surface area contributed by atoms with E-state index >= 15 is 0 Å². The molecule has 0 aromatic carbocycles. The first-order chi connectivity index (χ1) is 9.60. The minimum absolute atomic E-state index is 0.00850. The summed E-state index contributed by atoms with van der Waals surface area (Å²) in [6.45, 7) is 3.54. The van der Waals surface area contributed by atoms with Crippen LogP contribution in [-0.4, -0.2) is 61.6 Å². The van der Waals surface area contributed by atoms with E-state index in [-0.39, 0.29) is 44.7 Å². The highest BCUT2D eigenvalue weighted by Gasteiger charge is 2.45. The Morgan fingerprint density at radius 3 is 2.14 bits per heavy atom. The van der Waals surface area contributed by atoms with E-state index in [9.17, 15) is 21.6 Å². The monoisotopic (exact) mass is 330 g/mol. The molecule has 3 unspecified atom stereocenters. The second-order valence-electron chi connectivity index (χ2n) is 5.82. The van der Waals surface area contributed by atoms with E-state index in [1.807, 2.05) is 0 Å². The van der Waals surface area contributed by atoms with E-state index in [2.05, 4.69) is 0 Å². The van der Waals surface area contributed by atoms with Gasteiger partial charge in [-0.05, 0) is 26.7 Å². The number of piperidine rings is 1. The molecule has 0 spiro atoms. The highest BCUT2D eigenvalue weighted by atomic mass is 32.2. The van der Waals surface area contributed by atoms with Gasteiger partial charge in [-0.15, -0.1) is 0 Å². The van der Waals surface area contributed by atoms with E-state index in [1.165, 1.54) is 4.31 Å². The van der Waals surface area contributed by atoms with Crippen LogP contribution in [0.1, 0.15) is 26.7 Å². The predicted molar refractivity (Wildman–Crippen MR) is 70.9 cm³/mol. The summed E-state index contributed by atoms with van der Waals surface area (Å²) in [6, 6.07) is 0. The largest absolute Gasteiger partial charge is 0.393 e. The zero-order valence-corrected chi connectivity index (χ0v) is 13.0. The third-order valence-corrected chi connectivity index (χ3v) is 5.82. The highest BCUT2D eigenvalue weighted by Crippen LogP contribution is 2.34. The number of nitrogens with zero attached hydrogens (tertiary/aromatic N) is 2. The molecule has 0 radical (unpaired) electrons. The van der Waals surface area contributed by atoms with E-state index in [4.69, 9.17) is 4.74 Å². The van der Waals surface area contributed by atoms with Gasteiger partial charge in [0.1, 0.15) is 0 Å². The number of morpholine rings is 1. The number of alkyl halides is 3. The standard InChI is InChI=1S/C12H21F3N2O3S/c1-9-6-17(7-10(2)20-9)21(18,19)16-5-3-4-11(8-16)12(13,14)15/h9-11H,3-8H2,1-2H3. The van der Waals surface area contributed by atoms with Crippen LogP contribution in [0.25, 0.3) is 0 Å². The Kier molecular flexibility index (Phi) is 4.87. The van der Waals surface area contributed by atoms with Crippen molar-refractivity contribution in [3.8, 4) is 0 Å². The average Bonchev–Trinajstić information content (AvgIpc) is 2.36. The molecule has 2 saturated heterocycles. The quantitative estimate of drug-likeness (QED) is 0.773. The van der Waals surface area contributed by atoms with E-state index < -0.39 is 28.8 Å². The Morgan fingerprint density at radius 1 is 1.05 bits per heavy atom. The summed E-state index contributed by atoms with van der Waals surface area (Å²) in [5.41, 5.74) is 0. The second-order valence-corrected chi connectivity index (χ2v) is 7.75. The molecule has 0 aromatic rings. The summed E-state index contributed by atoms with van der Waals surface area (Å²) >= 11 is 0. The summed E-state index contributed by atoms with van der Waals surface area (Å²) in [4.78, 5) is 0. The molecule has 0 saturated carbocycles. The van der Waals surface area contributed by atoms with Crippen LogP contribution in [0.2, 0.25) is 0 Å². The van der Waals surface area contributed by atoms with Gasteiger partial charge in [-0.25, -0.2) is 0 Å². The van der Waals surface area contributed by atoms with Gasteiger partial charge in [0, 0.05) is 26.2 Å². The Bertz CT molecular complexity index is 459. The van der Waals surface area contributed by atoms with Crippen molar-refractivity contribution in [3.05, 3.63) is 0 Å². The first-order valence-corrected chi connectivity index (χ1v) is 8.48. The molecule has 9 heteroatoms. The lowest BCUT2D eigenvalue weighted by Crippen LogP contribution is -2.55. The van der Waals surface area contributed by atoms with Crippen LogP contribution in [0.3, 0.4) is 0 Å². The van der Waals surface area contributed by atoms with Crippen LogP contribution >= 0.6 is 0 Å². The first-order valence-electron chi connectivity index (χ1n) is 7.08. The molecule has 2 aliphatic heterocycles. The van der Waals surface area contributed by atoms with Crippen molar-refractivity contribution >= 4 is 10.2 Å². The maximum atomic E-state index is 12.8. The van der Waals surface area contributed by atoms with Crippen molar-refractivity contribution in [2.24, 2.45) is 5.92 Å². The fourth-order valence-corrected chi connectivity index (χ4v) is 4.75. The zero-order valence-electron chi connectivity index (χ0n) is 12.1. The third kappa shape index (κ3) is 3.88. The van der Waals surface area contributed by atoms with Crippen LogP contribution in [-0.2, 0) is 14.9 Å². The molecule has 0 N–H and O–H groups in total. The molecular weight excluding hydrogens is 309 g/mol. The third-order valence-electron chi connectivity index (χ3n) is 3.89. The van der Waals surface area contributed by atoms with Gasteiger partial charge in [-0.1, -0.05) is 0 Å². The molecule has 3 atom stereocenters. The summed E-state index contributed by atoms with van der Waals surface area (Å²) in [5.74, 6) is -1.57. The van der Waals surface area contributed by atoms with Crippen molar-refractivity contribution in [2.75, 3.05) is 26.2 Å². The molecule has 0 amide bonds. The summed E-state index contributed by atoms with van der Waals surface area (Å²) < 4.78 is 71.2. The number of ether oxygens (including phenoxy) is 1. The fourth-order valence-electron chi connectivity index (χ4n) is 2.90. The normalized spacial score (nSPS) is 34.0. The topological polar surface area (TPSA) is 49.9 Å². The van der Waals surface area contributed by atoms with E-state index in [0.29, 0.717) is 0 Å². The van der Waals surface area contributed by atoms with Crippen molar-refractivity contribution in [3.63, 3.8) is 0 Å². The summed E-state index contributed by atoms with van der Waals surface area (Å²) in [6.07, 6.45) is -4.64. The molecule has 2 aliphatic rings. The van der Waals surface area contributed by atoms with Gasteiger partial charge in [0.2, 0.25) is 0 Å². The second kappa shape index (κ2) is 6.02. The van der Waals surface area contributed by atoms with Gasteiger partial charge in [0.25, 0.3) is 10.2 Å². The molecule has 5 nitrogen and oxygen atoms in total. The zero-order chi connectivity index (χ0) is 15.8. The minimum Gasteiger partial charge on any atom is -0.373 e. The maximum Gasteiger partial charge on any atom is 0.393 e. The Hall–Kier alpha value is -0.380. The van der Waals surface area contributed by atoms with Crippen LogP contribution in [0.5, 0.6) is 0 Å².